The lowest BCUT2D eigenvalue weighted by atomic mass is 9.65. The first-order valence-electron chi connectivity index (χ1n) is 9.46. The second-order valence-corrected chi connectivity index (χ2v) is 7.93. The van der Waals surface area contributed by atoms with Crippen molar-refractivity contribution < 1.29 is 14.3 Å². The summed E-state index contributed by atoms with van der Waals surface area (Å²) >= 11 is 0. The van der Waals surface area contributed by atoms with E-state index < -0.39 is 0 Å². The first kappa shape index (κ1) is 17.7. The SMILES string of the molecule is NC(=O)CC(NC(=O)C1CC2CCCC(C1)C2N)C1CCOCC1. The lowest BCUT2D eigenvalue weighted by molar-refractivity contribution is -0.129. The summed E-state index contributed by atoms with van der Waals surface area (Å²) in [6.45, 7) is 1.39. The summed E-state index contributed by atoms with van der Waals surface area (Å²) in [7, 11) is 0. The molecule has 3 rings (SSSR count). The number of carbonyl (C=O) groups is 2. The summed E-state index contributed by atoms with van der Waals surface area (Å²) in [6.07, 6.45) is 7.27. The second kappa shape index (κ2) is 7.83. The van der Waals surface area contributed by atoms with Crippen molar-refractivity contribution in [3.8, 4) is 0 Å². The van der Waals surface area contributed by atoms with E-state index in [-0.39, 0.29) is 42.2 Å². The van der Waals surface area contributed by atoms with Gasteiger partial charge in [0.2, 0.25) is 11.8 Å². The number of nitrogens with two attached hydrogens (primary N) is 2. The molecule has 3 aliphatic rings. The van der Waals surface area contributed by atoms with E-state index in [2.05, 4.69) is 5.32 Å². The smallest absolute Gasteiger partial charge is 0.223 e. The minimum atomic E-state index is -0.352. The Balaban J connectivity index is 1.61. The number of hydrogen-bond acceptors (Lipinski definition) is 4. The average molecular weight is 337 g/mol. The van der Waals surface area contributed by atoms with E-state index >= 15 is 0 Å². The molecule has 1 aliphatic heterocycles. The zero-order chi connectivity index (χ0) is 17.1. The highest BCUT2D eigenvalue weighted by Crippen LogP contribution is 2.42. The molecule has 0 aromatic rings. The fourth-order valence-corrected chi connectivity index (χ4v) is 4.97. The second-order valence-electron chi connectivity index (χ2n) is 7.93. The van der Waals surface area contributed by atoms with Crippen molar-refractivity contribution in [2.45, 2.75) is 63.5 Å². The first-order chi connectivity index (χ1) is 11.5. The summed E-state index contributed by atoms with van der Waals surface area (Å²) < 4.78 is 5.40. The molecule has 136 valence electrons. The zero-order valence-electron chi connectivity index (χ0n) is 14.4. The number of amides is 2. The van der Waals surface area contributed by atoms with E-state index in [0.29, 0.717) is 25.0 Å². The third-order valence-electron chi connectivity index (χ3n) is 6.37. The van der Waals surface area contributed by atoms with Gasteiger partial charge in [-0.1, -0.05) is 6.42 Å². The van der Waals surface area contributed by atoms with Crippen LogP contribution in [0.2, 0.25) is 0 Å². The minimum Gasteiger partial charge on any atom is -0.381 e. The van der Waals surface area contributed by atoms with E-state index in [1.807, 2.05) is 0 Å². The molecular weight excluding hydrogens is 306 g/mol. The molecule has 0 radical (unpaired) electrons. The fourth-order valence-electron chi connectivity index (χ4n) is 4.97. The number of carbonyl (C=O) groups excluding carboxylic acids is 2. The molecule has 3 fully saturated rings. The number of fused-ring (bicyclic) bond motifs is 2. The molecule has 0 aromatic carbocycles. The highest BCUT2D eigenvalue weighted by Gasteiger charge is 2.41. The molecule has 3 atom stereocenters. The maximum absolute atomic E-state index is 12.8. The van der Waals surface area contributed by atoms with Crippen molar-refractivity contribution >= 4 is 11.8 Å². The van der Waals surface area contributed by atoms with Crippen molar-refractivity contribution in [3.63, 3.8) is 0 Å². The molecule has 1 saturated heterocycles. The molecule has 5 N–H and O–H groups in total. The van der Waals surface area contributed by atoms with E-state index in [9.17, 15) is 9.59 Å². The van der Waals surface area contributed by atoms with E-state index in [1.165, 1.54) is 6.42 Å². The highest BCUT2D eigenvalue weighted by atomic mass is 16.5. The third kappa shape index (κ3) is 4.09. The number of nitrogens with one attached hydrogen (secondary N) is 1. The van der Waals surface area contributed by atoms with Crippen LogP contribution >= 0.6 is 0 Å². The highest BCUT2D eigenvalue weighted by molar-refractivity contribution is 5.81. The maximum Gasteiger partial charge on any atom is 0.223 e. The van der Waals surface area contributed by atoms with Crippen molar-refractivity contribution in [1.82, 2.24) is 5.32 Å². The molecule has 3 unspecified atom stereocenters. The van der Waals surface area contributed by atoms with Gasteiger partial charge < -0.3 is 21.5 Å². The molecule has 0 spiro atoms. The summed E-state index contributed by atoms with van der Waals surface area (Å²) in [4.78, 5) is 24.3. The van der Waals surface area contributed by atoms with Crippen LogP contribution in [0.25, 0.3) is 0 Å². The van der Waals surface area contributed by atoms with Gasteiger partial charge in [0, 0.05) is 37.6 Å². The fraction of sp³-hybridized carbons (Fsp3) is 0.889. The lowest BCUT2D eigenvalue weighted by Crippen LogP contribution is -2.52. The number of ether oxygens (including phenoxy) is 1. The van der Waals surface area contributed by atoms with Crippen LogP contribution in [-0.4, -0.2) is 37.1 Å². The molecule has 6 nitrogen and oxygen atoms in total. The van der Waals surface area contributed by atoms with Gasteiger partial charge in [0.05, 0.1) is 0 Å². The average Bonchev–Trinajstić information content (AvgIpc) is 2.54. The van der Waals surface area contributed by atoms with Crippen molar-refractivity contribution in [1.29, 1.82) is 0 Å². The molecule has 24 heavy (non-hydrogen) atoms. The van der Waals surface area contributed by atoms with Crippen LogP contribution in [0.1, 0.15) is 51.4 Å². The zero-order valence-corrected chi connectivity index (χ0v) is 14.4. The number of rotatable bonds is 5. The summed E-state index contributed by atoms with van der Waals surface area (Å²) in [5.41, 5.74) is 11.7. The molecule has 2 saturated carbocycles. The Labute approximate surface area is 144 Å². The van der Waals surface area contributed by atoms with E-state index in [1.54, 1.807) is 0 Å². The predicted octanol–water partition coefficient (Wildman–Crippen LogP) is 0.927. The van der Waals surface area contributed by atoms with Crippen LogP contribution in [0.4, 0.5) is 0 Å². The van der Waals surface area contributed by atoms with Crippen LogP contribution in [-0.2, 0) is 14.3 Å². The van der Waals surface area contributed by atoms with Gasteiger partial charge in [-0.3, -0.25) is 9.59 Å². The Morgan fingerprint density at radius 2 is 1.71 bits per heavy atom. The molecule has 0 aromatic heterocycles. The number of hydrogen-bond donors (Lipinski definition) is 3. The van der Waals surface area contributed by atoms with Crippen molar-refractivity contribution in [2.24, 2.45) is 35.1 Å². The van der Waals surface area contributed by atoms with Gasteiger partial charge in [-0.25, -0.2) is 0 Å². The van der Waals surface area contributed by atoms with Gasteiger partial charge in [-0.05, 0) is 56.3 Å². The minimum absolute atomic E-state index is 0.0373. The normalized spacial score (nSPS) is 35.2. The molecular formula is C18H31N3O3. The molecule has 2 aliphatic carbocycles. The first-order valence-corrected chi connectivity index (χ1v) is 9.46. The van der Waals surface area contributed by atoms with Crippen molar-refractivity contribution in [3.05, 3.63) is 0 Å². The third-order valence-corrected chi connectivity index (χ3v) is 6.37. The van der Waals surface area contributed by atoms with Crippen LogP contribution in [0.15, 0.2) is 0 Å². The molecule has 6 heteroatoms. The largest absolute Gasteiger partial charge is 0.381 e. The predicted molar refractivity (Wildman–Crippen MR) is 90.8 cm³/mol. The van der Waals surface area contributed by atoms with Crippen LogP contribution in [0.5, 0.6) is 0 Å². The summed E-state index contributed by atoms with van der Waals surface area (Å²) in [5.74, 6) is 1.01. The van der Waals surface area contributed by atoms with Crippen LogP contribution in [0.3, 0.4) is 0 Å². The Kier molecular flexibility index (Phi) is 5.76. The summed E-state index contributed by atoms with van der Waals surface area (Å²) in [5, 5.41) is 3.16. The lowest BCUT2D eigenvalue weighted by Gasteiger charge is -2.44. The van der Waals surface area contributed by atoms with Gasteiger partial charge in [-0.15, -0.1) is 0 Å². The van der Waals surface area contributed by atoms with Gasteiger partial charge in [0.25, 0.3) is 0 Å². The van der Waals surface area contributed by atoms with Gasteiger partial charge in [0.15, 0.2) is 0 Å². The Morgan fingerprint density at radius 3 is 2.29 bits per heavy atom. The summed E-state index contributed by atoms with van der Waals surface area (Å²) in [6, 6.07) is 0.106. The van der Waals surface area contributed by atoms with Crippen LogP contribution < -0.4 is 16.8 Å². The van der Waals surface area contributed by atoms with Crippen molar-refractivity contribution in [2.75, 3.05) is 13.2 Å². The van der Waals surface area contributed by atoms with Crippen LogP contribution in [0, 0.1) is 23.7 Å². The Bertz CT molecular complexity index is 450. The number of primary amides is 1. The Morgan fingerprint density at radius 1 is 1.08 bits per heavy atom. The topological polar surface area (TPSA) is 107 Å². The van der Waals surface area contributed by atoms with Gasteiger partial charge in [-0.2, -0.15) is 0 Å². The van der Waals surface area contributed by atoms with E-state index in [0.717, 1.165) is 38.5 Å². The van der Waals surface area contributed by atoms with E-state index in [4.69, 9.17) is 16.2 Å². The molecule has 2 amide bonds. The Hall–Kier alpha value is -1.14. The molecule has 1 heterocycles. The van der Waals surface area contributed by atoms with Gasteiger partial charge in [0.1, 0.15) is 0 Å². The standard InChI is InChI=1S/C18H31N3O3/c19-16(22)10-15(11-4-6-24-7-5-11)21-18(23)14-8-12-2-1-3-13(9-14)17(12)20/h11-15,17H,1-10,20H2,(H2,19,22)(H,21,23). The van der Waals surface area contributed by atoms with Gasteiger partial charge >= 0.3 is 0 Å². The maximum atomic E-state index is 12.8. The quantitative estimate of drug-likeness (QED) is 0.693. The monoisotopic (exact) mass is 337 g/mol. The molecule has 2 bridgehead atoms.